The Hall–Kier alpha value is -0.790. The smallest absolute Gasteiger partial charge is 0.223 e. The summed E-state index contributed by atoms with van der Waals surface area (Å²) in [4.78, 5) is 11.5. The SMILES string of the molecule is O=C1NC2CC1C1C3C=CC(C3)C21. The molecule has 3 aliphatic carbocycles. The Morgan fingerprint density at radius 3 is 2.77 bits per heavy atom. The minimum atomic E-state index is 0.340. The molecule has 0 aromatic carbocycles. The second-order valence-electron chi connectivity index (χ2n) is 5.06. The fourth-order valence-electron chi connectivity index (χ4n) is 4.35. The van der Waals surface area contributed by atoms with Crippen molar-refractivity contribution in [1.29, 1.82) is 0 Å². The van der Waals surface area contributed by atoms with Crippen LogP contribution < -0.4 is 5.32 Å². The van der Waals surface area contributed by atoms with E-state index >= 15 is 0 Å². The van der Waals surface area contributed by atoms with Crippen molar-refractivity contribution in [2.45, 2.75) is 18.9 Å². The predicted octanol–water partition coefficient (Wildman–Crippen LogP) is 0.943. The molecule has 1 N–H and O–H groups in total. The quantitative estimate of drug-likeness (QED) is 0.431. The summed E-state index contributed by atoms with van der Waals surface area (Å²) >= 11 is 0. The van der Waals surface area contributed by atoms with Gasteiger partial charge in [-0.1, -0.05) is 12.2 Å². The summed E-state index contributed by atoms with van der Waals surface area (Å²) in [6, 6.07) is 0.530. The van der Waals surface area contributed by atoms with Crippen LogP contribution in [-0.4, -0.2) is 11.9 Å². The van der Waals surface area contributed by atoms with Crippen molar-refractivity contribution in [2.75, 3.05) is 0 Å². The monoisotopic (exact) mass is 175 g/mol. The number of carbonyl (C=O) groups is 1. The molecule has 1 saturated heterocycles. The number of nitrogens with one attached hydrogen (secondary N) is 1. The van der Waals surface area contributed by atoms with Gasteiger partial charge < -0.3 is 5.32 Å². The molecule has 6 unspecified atom stereocenters. The zero-order valence-electron chi connectivity index (χ0n) is 7.44. The molecule has 1 heterocycles. The molecule has 3 fully saturated rings. The van der Waals surface area contributed by atoms with Crippen molar-refractivity contribution in [3.05, 3.63) is 12.2 Å². The summed E-state index contributed by atoms with van der Waals surface area (Å²) in [5.74, 6) is 3.77. The molecule has 13 heavy (non-hydrogen) atoms. The lowest BCUT2D eigenvalue weighted by atomic mass is 9.78. The molecule has 6 atom stereocenters. The van der Waals surface area contributed by atoms with E-state index in [-0.39, 0.29) is 0 Å². The third-order valence-corrected chi connectivity index (χ3v) is 4.68. The highest BCUT2D eigenvalue weighted by Gasteiger charge is 2.61. The van der Waals surface area contributed by atoms with Crippen LogP contribution in [0.4, 0.5) is 0 Å². The fourth-order valence-corrected chi connectivity index (χ4v) is 4.35. The first-order valence-corrected chi connectivity index (χ1v) is 5.33. The number of carbonyl (C=O) groups excluding carboxylic acids is 1. The predicted molar refractivity (Wildman–Crippen MR) is 47.8 cm³/mol. The minimum Gasteiger partial charge on any atom is -0.353 e. The second kappa shape index (κ2) is 1.84. The Balaban J connectivity index is 1.82. The molecule has 0 aromatic heterocycles. The molecule has 2 heteroatoms. The van der Waals surface area contributed by atoms with Gasteiger partial charge in [-0.2, -0.15) is 0 Å². The van der Waals surface area contributed by atoms with Gasteiger partial charge in [-0.15, -0.1) is 0 Å². The number of piperidine rings is 1. The molecule has 0 spiro atoms. The van der Waals surface area contributed by atoms with Crippen molar-refractivity contribution < 1.29 is 4.79 Å². The molecule has 1 aliphatic heterocycles. The van der Waals surface area contributed by atoms with Gasteiger partial charge in [0, 0.05) is 12.0 Å². The number of amides is 1. The van der Waals surface area contributed by atoms with E-state index in [4.69, 9.17) is 0 Å². The van der Waals surface area contributed by atoms with Crippen LogP contribution in [0.25, 0.3) is 0 Å². The number of rotatable bonds is 0. The topological polar surface area (TPSA) is 29.1 Å². The van der Waals surface area contributed by atoms with E-state index in [1.54, 1.807) is 0 Å². The van der Waals surface area contributed by atoms with E-state index in [1.165, 1.54) is 6.42 Å². The van der Waals surface area contributed by atoms with Crippen LogP contribution in [-0.2, 0) is 4.79 Å². The average molecular weight is 175 g/mol. The van der Waals surface area contributed by atoms with Gasteiger partial charge in [0.05, 0.1) is 0 Å². The first-order chi connectivity index (χ1) is 6.34. The van der Waals surface area contributed by atoms with E-state index < -0.39 is 0 Å². The van der Waals surface area contributed by atoms with Crippen molar-refractivity contribution >= 4 is 5.91 Å². The molecule has 4 aliphatic rings. The van der Waals surface area contributed by atoms with Crippen LogP contribution >= 0.6 is 0 Å². The molecule has 1 amide bonds. The Morgan fingerprint density at radius 1 is 1.15 bits per heavy atom. The van der Waals surface area contributed by atoms with Crippen LogP contribution in [0, 0.1) is 29.6 Å². The fraction of sp³-hybridized carbons (Fsp3) is 0.727. The van der Waals surface area contributed by atoms with Gasteiger partial charge in [0.2, 0.25) is 5.91 Å². The maximum atomic E-state index is 11.5. The van der Waals surface area contributed by atoms with Gasteiger partial charge in [0.1, 0.15) is 0 Å². The van der Waals surface area contributed by atoms with E-state index in [9.17, 15) is 4.79 Å². The zero-order valence-corrected chi connectivity index (χ0v) is 7.44. The average Bonchev–Trinajstić information content (AvgIpc) is 2.78. The first-order valence-electron chi connectivity index (χ1n) is 5.33. The molecule has 0 radical (unpaired) electrons. The third-order valence-electron chi connectivity index (χ3n) is 4.68. The lowest BCUT2D eigenvalue weighted by Crippen LogP contribution is -2.43. The van der Waals surface area contributed by atoms with Crippen LogP contribution in [0.15, 0.2) is 12.2 Å². The van der Waals surface area contributed by atoms with Gasteiger partial charge in [0.25, 0.3) is 0 Å². The molecule has 2 saturated carbocycles. The molecular formula is C11H13NO. The molecular weight excluding hydrogens is 162 g/mol. The summed E-state index contributed by atoms with van der Waals surface area (Å²) < 4.78 is 0. The molecule has 4 rings (SSSR count). The Kier molecular flexibility index (Phi) is 0.938. The highest BCUT2D eigenvalue weighted by Crippen LogP contribution is 2.59. The summed E-state index contributed by atoms with van der Waals surface area (Å²) in [6.07, 6.45) is 7.21. The molecule has 2 nitrogen and oxygen atoms in total. The minimum absolute atomic E-state index is 0.340. The number of allylic oxidation sites excluding steroid dienone is 2. The Morgan fingerprint density at radius 2 is 1.92 bits per heavy atom. The third kappa shape index (κ3) is 0.588. The lowest BCUT2D eigenvalue weighted by Gasteiger charge is -2.31. The van der Waals surface area contributed by atoms with E-state index in [0.29, 0.717) is 23.8 Å². The van der Waals surface area contributed by atoms with Gasteiger partial charge in [-0.25, -0.2) is 0 Å². The van der Waals surface area contributed by atoms with Crippen molar-refractivity contribution in [1.82, 2.24) is 5.32 Å². The van der Waals surface area contributed by atoms with Crippen molar-refractivity contribution in [2.24, 2.45) is 29.6 Å². The van der Waals surface area contributed by atoms with Gasteiger partial charge in [-0.05, 0) is 36.5 Å². The number of fused-ring (bicyclic) bond motifs is 9. The summed E-state index contributed by atoms with van der Waals surface area (Å²) in [7, 11) is 0. The standard InChI is InChI=1S/C11H13NO/c13-11-7-4-8(12-11)10-6-2-1-5(3-6)9(7)10/h1-2,5-10H,3-4H2,(H,12,13). The number of hydrogen-bond acceptors (Lipinski definition) is 1. The van der Waals surface area contributed by atoms with E-state index in [1.807, 2.05) is 0 Å². The second-order valence-corrected chi connectivity index (χ2v) is 5.06. The summed E-state index contributed by atoms with van der Waals surface area (Å²) in [5.41, 5.74) is 0. The number of hydrogen-bond donors (Lipinski definition) is 1. The van der Waals surface area contributed by atoms with Crippen molar-refractivity contribution in [3.63, 3.8) is 0 Å². The lowest BCUT2D eigenvalue weighted by molar-refractivity contribution is -0.126. The van der Waals surface area contributed by atoms with Gasteiger partial charge in [-0.3, -0.25) is 4.79 Å². The summed E-state index contributed by atoms with van der Waals surface area (Å²) in [5, 5.41) is 3.14. The maximum absolute atomic E-state index is 11.5. The zero-order chi connectivity index (χ0) is 8.58. The molecule has 68 valence electrons. The highest BCUT2D eigenvalue weighted by molar-refractivity contribution is 5.83. The normalized spacial score (nSPS) is 60.2. The largest absolute Gasteiger partial charge is 0.353 e. The van der Waals surface area contributed by atoms with Gasteiger partial charge >= 0.3 is 0 Å². The van der Waals surface area contributed by atoms with Crippen LogP contribution in [0.1, 0.15) is 12.8 Å². The summed E-state index contributed by atoms with van der Waals surface area (Å²) in [6.45, 7) is 0. The first kappa shape index (κ1) is 6.63. The van der Waals surface area contributed by atoms with Crippen LogP contribution in [0.5, 0.6) is 0 Å². The maximum Gasteiger partial charge on any atom is 0.223 e. The van der Waals surface area contributed by atoms with Gasteiger partial charge in [0.15, 0.2) is 0 Å². The van der Waals surface area contributed by atoms with Crippen LogP contribution in [0.3, 0.4) is 0 Å². The Labute approximate surface area is 77.4 Å². The molecule has 0 aromatic rings. The molecule has 4 bridgehead atoms. The van der Waals surface area contributed by atoms with E-state index in [0.717, 1.165) is 24.2 Å². The van der Waals surface area contributed by atoms with E-state index in [2.05, 4.69) is 17.5 Å². The van der Waals surface area contributed by atoms with Crippen LogP contribution in [0.2, 0.25) is 0 Å². The highest BCUT2D eigenvalue weighted by atomic mass is 16.2. The Bertz CT molecular complexity index is 322. The van der Waals surface area contributed by atoms with Crippen molar-refractivity contribution in [3.8, 4) is 0 Å².